The number of hydrogen-bond donors (Lipinski definition) is 2. The van der Waals surface area contributed by atoms with Crippen LogP contribution in [-0.4, -0.2) is 52.4 Å². The van der Waals surface area contributed by atoms with Crippen LogP contribution in [0.2, 0.25) is 0 Å². The predicted molar refractivity (Wildman–Crippen MR) is 107 cm³/mol. The Morgan fingerprint density at radius 1 is 1.21 bits per heavy atom. The molecule has 0 radical (unpaired) electrons. The predicted octanol–water partition coefficient (Wildman–Crippen LogP) is 2.07. The van der Waals surface area contributed by atoms with Crippen LogP contribution in [0, 0.1) is 6.92 Å². The van der Waals surface area contributed by atoms with Gasteiger partial charge in [-0.1, -0.05) is 6.42 Å². The van der Waals surface area contributed by atoms with Crippen LogP contribution in [-0.2, 0) is 9.53 Å². The highest BCUT2D eigenvalue weighted by Gasteiger charge is 2.13. The van der Waals surface area contributed by atoms with E-state index in [4.69, 9.17) is 20.2 Å². The maximum Gasteiger partial charge on any atom is 0.217 e. The van der Waals surface area contributed by atoms with Gasteiger partial charge in [-0.2, -0.15) is 0 Å². The molecular formula is C19H26N6O3. The number of amides is 1. The van der Waals surface area contributed by atoms with Crippen LogP contribution in [0.25, 0.3) is 16.7 Å². The summed E-state index contributed by atoms with van der Waals surface area (Å²) in [6, 6.07) is 5.77. The molecule has 1 aromatic carbocycles. The molecule has 9 heteroatoms. The Morgan fingerprint density at radius 3 is 2.86 bits per heavy atom. The number of hydrogen-bond acceptors (Lipinski definition) is 7. The molecule has 2 heterocycles. The van der Waals surface area contributed by atoms with Crippen LogP contribution < -0.4 is 15.8 Å². The number of anilines is 1. The molecule has 150 valence electrons. The third-order valence-corrected chi connectivity index (χ3v) is 4.41. The largest absolute Gasteiger partial charge is 0.491 e. The Kier molecular flexibility index (Phi) is 6.59. The van der Waals surface area contributed by atoms with Crippen molar-refractivity contribution < 1.29 is 14.3 Å². The van der Waals surface area contributed by atoms with Gasteiger partial charge in [0, 0.05) is 26.1 Å². The van der Waals surface area contributed by atoms with Crippen molar-refractivity contribution in [2.24, 2.45) is 5.73 Å². The van der Waals surface area contributed by atoms with Gasteiger partial charge in [0.05, 0.1) is 17.6 Å². The number of nitrogens with one attached hydrogen (secondary N) is 1. The lowest BCUT2D eigenvalue weighted by molar-refractivity contribution is -0.118. The molecular weight excluding hydrogens is 360 g/mol. The molecule has 0 fully saturated rings. The zero-order valence-corrected chi connectivity index (χ0v) is 16.3. The lowest BCUT2D eigenvalue weighted by Crippen LogP contribution is -2.10. The lowest BCUT2D eigenvalue weighted by Gasteiger charge is -2.11. The summed E-state index contributed by atoms with van der Waals surface area (Å²) < 4.78 is 12.7. The van der Waals surface area contributed by atoms with Gasteiger partial charge < -0.3 is 20.5 Å². The van der Waals surface area contributed by atoms with Gasteiger partial charge in [-0.05, 0) is 31.9 Å². The van der Waals surface area contributed by atoms with Gasteiger partial charge >= 0.3 is 0 Å². The molecule has 0 aliphatic carbocycles. The SMILES string of the molecule is COCCOc1ccc2c(c1)nc(NCCCCCC(N)=O)c1nnc(C)n12. The van der Waals surface area contributed by atoms with Crippen molar-refractivity contribution in [3.05, 3.63) is 24.0 Å². The van der Waals surface area contributed by atoms with Crippen molar-refractivity contribution in [1.82, 2.24) is 19.6 Å². The van der Waals surface area contributed by atoms with E-state index in [2.05, 4.69) is 15.5 Å². The second-order valence-corrected chi connectivity index (χ2v) is 6.56. The molecule has 28 heavy (non-hydrogen) atoms. The topological polar surface area (TPSA) is 117 Å². The summed E-state index contributed by atoms with van der Waals surface area (Å²) in [5, 5.41) is 11.8. The summed E-state index contributed by atoms with van der Waals surface area (Å²) >= 11 is 0. The van der Waals surface area contributed by atoms with Gasteiger partial charge in [0.2, 0.25) is 11.6 Å². The first-order valence-corrected chi connectivity index (χ1v) is 9.39. The fourth-order valence-electron chi connectivity index (χ4n) is 3.02. The van der Waals surface area contributed by atoms with Gasteiger partial charge in [0.1, 0.15) is 18.2 Å². The number of rotatable bonds is 11. The van der Waals surface area contributed by atoms with Crippen molar-refractivity contribution in [1.29, 1.82) is 0 Å². The summed E-state index contributed by atoms with van der Waals surface area (Å²) in [5.74, 6) is 1.95. The van der Waals surface area contributed by atoms with Crippen molar-refractivity contribution in [3.8, 4) is 5.75 Å². The van der Waals surface area contributed by atoms with E-state index >= 15 is 0 Å². The lowest BCUT2D eigenvalue weighted by atomic mass is 10.2. The standard InChI is InChI=1S/C19H26N6O3/c1-13-23-24-19-18(21-9-5-3-4-6-17(20)26)22-15-12-14(28-11-10-27-2)7-8-16(15)25(13)19/h7-8,12H,3-6,9-11H2,1-2H3,(H2,20,26)(H,21,22). The number of primary amides is 1. The number of nitrogens with zero attached hydrogens (tertiary/aromatic N) is 4. The van der Waals surface area contributed by atoms with Crippen LogP contribution >= 0.6 is 0 Å². The normalized spacial score (nSPS) is 11.2. The molecule has 3 aromatic rings. The number of carbonyl (C=O) groups is 1. The first kappa shape index (κ1) is 19.8. The second-order valence-electron chi connectivity index (χ2n) is 6.56. The Bertz CT molecular complexity index is 956. The molecule has 0 aliphatic heterocycles. The van der Waals surface area contributed by atoms with Crippen molar-refractivity contribution in [2.45, 2.75) is 32.6 Å². The van der Waals surface area contributed by atoms with Crippen LogP contribution in [0.1, 0.15) is 31.5 Å². The molecule has 0 aliphatic rings. The van der Waals surface area contributed by atoms with Crippen LogP contribution in [0.3, 0.4) is 0 Å². The maximum atomic E-state index is 10.8. The number of benzene rings is 1. The average Bonchev–Trinajstić information content (AvgIpc) is 3.06. The highest BCUT2D eigenvalue weighted by molar-refractivity contribution is 5.84. The van der Waals surface area contributed by atoms with Crippen LogP contribution in [0.15, 0.2) is 18.2 Å². The average molecular weight is 386 g/mol. The Morgan fingerprint density at radius 2 is 2.07 bits per heavy atom. The zero-order chi connectivity index (χ0) is 19.9. The van der Waals surface area contributed by atoms with Crippen molar-refractivity contribution in [3.63, 3.8) is 0 Å². The number of aryl methyl sites for hydroxylation is 1. The number of fused-ring (bicyclic) bond motifs is 3. The Labute approximate surface area is 163 Å². The van der Waals surface area contributed by atoms with Gasteiger partial charge in [-0.3, -0.25) is 9.20 Å². The van der Waals surface area contributed by atoms with E-state index in [-0.39, 0.29) is 5.91 Å². The zero-order valence-electron chi connectivity index (χ0n) is 16.3. The fourth-order valence-corrected chi connectivity index (χ4v) is 3.02. The minimum absolute atomic E-state index is 0.256. The molecule has 0 atom stereocenters. The van der Waals surface area contributed by atoms with Crippen LogP contribution in [0.5, 0.6) is 5.75 Å². The summed E-state index contributed by atoms with van der Waals surface area (Å²) in [6.07, 6.45) is 3.05. The molecule has 0 saturated carbocycles. The van der Waals surface area contributed by atoms with Crippen molar-refractivity contribution in [2.75, 3.05) is 32.2 Å². The van der Waals surface area contributed by atoms with E-state index in [1.165, 1.54) is 0 Å². The number of unbranched alkanes of at least 4 members (excludes halogenated alkanes) is 2. The summed E-state index contributed by atoms with van der Waals surface area (Å²) in [6.45, 7) is 3.64. The molecule has 2 aromatic heterocycles. The minimum Gasteiger partial charge on any atom is -0.491 e. The summed E-state index contributed by atoms with van der Waals surface area (Å²) in [5.41, 5.74) is 7.57. The number of methoxy groups -OCH3 is 1. The molecule has 0 unspecified atom stereocenters. The quantitative estimate of drug-likeness (QED) is 0.485. The second kappa shape index (κ2) is 9.32. The Hall–Kier alpha value is -2.94. The van der Waals surface area contributed by atoms with E-state index in [1.807, 2.05) is 29.5 Å². The summed E-state index contributed by atoms with van der Waals surface area (Å²) in [7, 11) is 1.64. The van der Waals surface area contributed by atoms with E-state index in [9.17, 15) is 4.79 Å². The van der Waals surface area contributed by atoms with Gasteiger partial charge in [0.25, 0.3) is 0 Å². The third kappa shape index (κ3) is 4.66. The van der Waals surface area contributed by atoms with Gasteiger partial charge in [-0.15, -0.1) is 10.2 Å². The number of ether oxygens (including phenoxy) is 2. The smallest absolute Gasteiger partial charge is 0.217 e. The molecule has 9 nitrogen and oxygen atoms in total. The van der Waals surface area contributed by atoms with E-state index in [0.29, 0.717) is 31.1 Å². The Balaban J connectivity index is 1.78. The van der Waals surface area contributed by atoms with E-state index in [0.717, 1.165) is 48.4 Å². The number of aromatic nitrogens is 4. The van der Waals surface area contributed by atoms with Crippen LogP contribution in [0.4, 0.5) is 5.82 Å². The third-order valence-electron chi connectivity index (χ3n) is 4.41. The maximum absolute atomic E-state index is 10.8. The molecule has 0 spiro atoms. The summed E-state index contributed by atoms with van der Waals surface area (Å²) in [4.78, 5) is 15.5. The van der Waals surface area contributed by atoms with E-state index < -0.39 is 0 Å². The fraction of sp³-hybridized carbons (Fsp3) is 0.474. The molecule has 3 rings (SSSR count). The number of nitrogens with two attached hydrogens (primary N) is 1. The first-order valence-electron chi connectivity index (χ1n) is 9.39. The highest BCUT2D eigenvalue weighted by Crippen LogP contribution is 2.25. The number of carbonyl (C=O) groups excluding carboxylic acids is 1. The van der Waals surface area contributed by atoms with Crippen molar-refractivity contribution >= 4 is 28.4 Å². The molecule has 0 saturated heterocycles. The highest BCUT2D eigenvalue weighted by atomic mass is 16.5. The molecule has 0 bridgehead atoms. The van der Waals surface area contributed by atoms with E-state index in [1.54, 1.807) is 7.11 Å². The molecule has 1 amide bonds. The van der Waals surface area contributed by atoms with Gasteiger partial charge in [-0.25, -0.2) is 4.98 Å². The monoisotopic (exact) mass is 386 g/mol. The minimum atomic E-state index is -0.256. The van der Waals surface area contributed by atoms with Gasteiger partial charge in [0.15, 0.2) is 5.82 Å². The molecule has 3 N–H and O–H groups in total. The first-order chi connectivity index (χ1) is 13.6.